The van der Waals surface area contributed by atoms with Crippen LogP contribution in [0.4, 0.5) is 0 Å². The number of benzene rings is 2. The standard InChI is InChI=1S/C16H18O2S/c1-14-7-5-8-15(13-14)9-6-12-19(17,18)16-10-3-2-4-11-16/h2-5,7-8,10-11,13H,6,9,12H2,1H3. The highest BCUT2D eigenvalue weighted by atomic mass is 32.2. The largest absolute Gasteiger partial charge is 0.224 e. The zero-order valence-electron chi connectivity index (χ0n) is 11.0. The van der Waals surface area contributed by atoms with Crippen molar-refractivity contribution in [3.05, 3.63) is 65.7 Å². The Bertz CT molecular complexity index is 631. The maximum Gasteiger partial charge on any atom is 0.178 e. The molecule has 0 aliphatic rings. The zero-order chi connectivity index (χ0) is 13.7. The third-order valence-corrected chi connectivity index (χ3v) is 4.88. The van der Waals surface area contributed by atoms with E-state index in [0.717, 1.165) is 6.42 Å². The molecule has 0 spiro atoms. The second kappa shape index (κ2) is 6.02. The van der Waals surface area contributed by atoms with Crippen LogP contribution in [0.1, 0.15) is 17.5 Å². The van der Waals surface area contributed by atoms with Crippen LogP contribution in [-0.2, 0) is 16.3 Å². The van der Waals surface area contributed by atoms with Crippen LogP contribution in [0.2, 0.25) is 0 Å². The maximum atomic E-state index is 12.1. The summed E-state index contributed by atoms with van der Waals surface area (Å²) in [6.07, 6.45) is 1.45. The minimum absolute atomic E-state index is 0.199. The van der Waals surface area contributed by atoms with Gasteiger partial charge >= 0.3 is 0 Å². The summed E-state index contributed by atoms with van der Waals surface area (Å²) in [6.45, 7) is 2.05. The Labute approximate surface area is 115 Å². The average Bonchev–Trinajstić information content (AvgIpc) is 2.40. The molecule has 0 fully saturated rings. The van der Waals surface area contributed by atoms with Crippen LogP contribution in [0.5, 0.6) is 0 Å². The molecular weight excluding hydrogens is 256 g/mol. The third-order valence-electron chi connectivity index (χ3n) is 3.06. The van der Waals surface area contributed by atoms with Crippen LogP contribution in [0.15, 0.2) is 59.5 Å². The lowest BCUT2D eigenvalue weighted by atomic mass is 10.1. The number of sulfone groups is 1. The summed E-state index contributed by atoms with van der Waals surface area (Å²) < 4.78 is 24.2. The lowest BCUT2D eigenvalue weighted by Gasteiger charge is -2.05. The van der Waals surface area contributed by atoms with E-state index in [1.807, 2.05) is 31.2 Å². The molecule has 19 heavy (non-hydrogen) atoms. The molecule has 100 valence electrons. The summed E-state index contributed by atoms with van der Waals surface area (Å²) >= 11 is 0. The van der Waals surface area contributed by atoms with Gasteiger partial charge in [-0.15, -0.1) is 0 Å². The van der Waals surface area contributed by atoms with E-state index >= 15 is 0 Å². The molecule has 2 aromatic carbocycles. The van der Waals surface area contributed by atoms with E-state index in [1.54, 1.807) is 24.3 Å². The molecule has 2 aromatic rings. The summed E-state index contributed by atoms with van der Waals surface area (Å²) in [5, 5.41) is 0. The molecule has 0 bridgehead atoms. The van der Waals surface area contributed by atoms with Crippen LogP contribution in [0.25, 0.3) is 0 Å². The fraction of sp³-hybridized carbons (Fsp3) is 0.250. The predicted octanol–water partition coefficient (Wildman–Crippen LogP) is 3.40. The van der Waals surface area contributed by atoms with Crippen molar-refractivity contribution in [2.75, 3.05) is 5.75 Å². The molecule has 0 heterocycles. The molecule has 0 aromatic heterocycles. The lowest BCUT2D eigenvalue weighted by molar-refractivity contribution is 0.593. The summed E-state index contributed by atoms with van der Waals surface area (Å²) in [5.74, 6) is 0.199. The van der Waals surface area contributed by atoms with Crippen LogP contribution < -0.4 is 0 Å². The number of hydrogen-bond donors (Lipinski definition) is 0. The van der Waals surface area contributed by atoms with E-state index in [1.165, 1.54) is 11.1 Å². The van der Waals surface area contributed by atoms with Gasteiger partial charge in [0.1, 0.15) is 0 Å². The van der Waals surface area contributed by atoms with Crippen molar-refractivity contribution in [3.8, 4) is 0 Å². The summed E-state index contributed by atoms with van der Waals surface area (Å²) in [4.78, 5) is 0.416. The second-order valence-corrected chi connectivity index (χ2v) is 6.83. The fourth-order valence-electron chi connectivity index (χ4n) is 2.08. The second-order valence-electron chi connectivity index (χ2n) is 4.72. The first kappa shape index (κ1) is 13.8. The van der Waals surface area contributed by atoms with E-state index in [2.05, 4.69) is 6.07 Å². The molecule has 0 saturated carbocycles. The molecule has 0 atom stereocenters. The average molecular weight is 274 g/mol. The lowest BCUT2D eigenvalue weighted by Crippen LogP contribution is -2.07. The van der Waals surface area contributed by atoms with Crippen LogP contribution in [0.3, 0.4) is 0 Å². The van der Waals surface area contributed by atoms with Gasteiger partial charge in [-0.1, -0.05) is 48.0 Å². The first-order valence-corrected chi connectivity index (χ1v) is 8.06. The minimum atomic E-state index is -3.14. The normalized spacial score (nSPS) is 11.4. The van der Waals surface area contributed by atoms with Crippen molar-refractivity contribution in [1.29, 1.82) is 0 Å². The van der Waals surface area contributed by atoms with Crippen molar-refractivity contribution in [3.63, 3.8) is 0 Å². The SMILES string of the molecule is Cc1cccc(CCCS(=O)(=O)c2ccccc2)c1. The summed E-state index contributed by atoms with van der Waals surface area (Å²) in [6, 6.07) is 16.9. The van der Waals surface area contributed by atoms with Gasteiger partial charge in [-0.3, -0.25) is 0 Å². The summed E-state index contributed by atoms with van der Waals surface area (Å²) in [7, 11) is -3.14. The van der Waals surface area contributed by atoms with E-state index in [4.69, 9.17) is 0 Å². The summed E-state index contributed by atoms with van der Waals surface area (Å²) in [5.41, 5.74) is 2.41. The minimum Gasteiger partial charge on any atom is -0.224 e. The van der Waals surface area contributed by atoms with Crippen molar-refractivity contribution >= 4 is 9.84 Å². The topological polar surface area (TPSA) is 34.1 Å². The van der Waals surface area contributed by atoms with Gasteiger partial charge in [-0.05, 0) is 37.5 Å². The van der Waals surface area contributed by atoms with E-state index in [9.17, 15) is 8.42 Å². The first-order chi connectivity index (χ1) is 9.08. The maximum absolute atomic E-state index is 12.1. The zero-order valence-corrected chi connectivity index (χ0v) is 11.9. The van der Waals surface area contributed by atoms with Gasteiger partial charge < -0.3 is 0 Å². The van der Waals surface area contributed by atoms with E-state index in [0.29, 0.717) is 11.3 Å². The first-order valence-electron chi connectivity index (χ1n) is 6.41. The predicted molar refractivity (Wildman–Crippen MR) is 78.0 cm³/mol. The number of aryl methyl sites for hydroxylation is 2. The molecular formula is C16H18O2S. The molecule has 0 radical (unpaired) electrons. The van der Waals surface area contributed by atoms with Crippen LogP contribution in [-0.4, -0.2) is 14.2 Å². The molecule has 0 N–H and O–H groups in total. The Morgan fingerprint density at radius 2 is 1.68 bits per heavy atom. The molecule has 3 heteroatoms. The molecule has 2 nitrogen and oxygen atoms in total. The molecule has 0 aliphatic carbocycles. The van der Waals surface area contributed by atoms with Gasteiger partial charge in [-0.25, -0.2) is 8.42 Å². The van der Waals surface area contributed by atoms with Crippen molar-refractivity contribution < 1.29 is 8.42 Å². The molecule has 0 saturated heterocycles. The van der Waals surface area contributed by atoms with Gasteiger partial charge in [-0.2, -0.15) is 0 Å². The molecule has 0 aliphatic heterocycles. The van der Waals surface area contributed by atoms with Crippen molar-refractivity contribution in [2.45, 2.75) is 24.7 Å². The van der Waals surface area contributed by atoms with E-state index < -0.39 is 9.84 Å². The van der Waals surface area contributed by atoms with Crippen LogP contribution in [0, 0.1) is 6.92 Å². The quantitative estimate of drug-likeness (QED) is 0.837. The number of rotatable bonds is 5. The smallest absolute Gasteiger partial charge is 0.178 e. The highest BCUT2D eigenvalue weighted by molar-refractivity contribution is 7.91. The van der Waals surface area contributed by atoms with Gasteiger partial charge in [0.2, 0.25) is 0 Å². The Hall–Kier alpha value is -1.61. The monoisotopic (exact) mass is 274 g/mol. The van der Waals surface area contributed by atoms with Gasteiger partial charge in [0.25, 0.3) is 0 Å². The molecule has 0 unspecified atom stereocenters. The van der Waals surface area contributed by atoms with Gasteiger partial charge in [0.05, 0.1) is 10.6 Å². The highest BCUT2D eigenvalue weighted by Crippen LogP contribution is 2.13. The highest BCUT2D eigenvalue weighted by Gasteiger charge is 2.13. The van der Waals surface area contributed by atoms with Crippen molar-refractivity contribution in [2.24, 2.45) is 0 Å². The molecule has 0 amide bonds. The van der Waals surface area contributed by atoms with E-state index in [-0.39, 0.29) is 5.75 Å². The Morgan fingerprint density at radius 1 is 0.947 bits per heavy atom. The van der Waals surface area contributed by atoms with Gasteiger partial charge in [0, 0.05) is 0 Å². The fourth-order valence-corrected chi connectivity index (χ4v) is 3.41. The Morgan fingerprint density at radius 3 is 2.37 bits per heavy atom. The third kappa shape index (κ3) is 3.93. The van der Waals surface area contributed by atoms with Crippen molar-refractivity contribution in [1.82, 2.24) is 0 Å². The molecule has 2 rings (SSSR count). The Balaban J connectivity index is 1.96. The van der Waals surface area contributed by atoms with Crippen LogP contribution >= 0.6 is 0 Å². The number of hydrogen-bond acceptors (Lipinski definition) is 2. The Kier molecular flexibility index (Phi) is 4.38. The van der Waals surface area contributed by atoms with Gasteiger partial charge in [0.15, 0.2) is 9.84 Å².